The summed E-state index contributed by atoms with van der Waals surface area (Å²) >= 11 is 0. The van der Waals surface area contributed by atoms with Gasteiger partial charge in [0.25, 0.3) is 0 Å². The maximum atomic E-state index is 11.9. The van der Waals surface area contributed by atoms with Crippen molar-refractivity contribution < 1.29 is 14.3 Å². The third-order valence-corrected chi connectivity index (χ3v) is 4.60. The van der Waals surface area contributed by atoms with Crippen molar-refractivity contribution >= 4 is 22.6 Å². The van der Waals surface area contributed by atoms with Crippen LogP contribution in [0.3, 0.4) is 0 Å². The van der Waals surface area contributed by atoms with Crippen LogP contribution in [0.1, 0.15) is 25.3 Å². The number of hydrogen-bond acceptors (Lipinski definition) is 6. The SMILES string of the molecule is CCOC(=O)C1CCN(c2c(C#N)cnc3ccc(OC)cc23)CC1. The molecule has 25 heavy (non-hydrogen) atoms. The van der Waals surface area contributed by atoms with Crippen LogP contribution in [0, 0.1) is 17.2 Å². The summed E-state index contributed by atoms with van der Waals surface area (Å²) in [5.74, 6) is 0.542. The number of esters is 1. The Labute approximate surface area is 147 Å². The Hall–Kier alpha value is -2.81. The molecule has 0 amide bonds. The van der Waals surface area contributed by atoms with E-state index in [1.807, 2.05) is 25.1 Å². The number of benzene rings is 1. The minimum Gasteiger partial charge on any atom is -0.497 e. The lowest BCUT2D eigenvalue weighted by atomic mass is 9.95. The molecular formula is C19H21N3O3. The number of carbonyl (C=O) groups excluding carboxylic acids is 1. The van der Waals surface area contributed by atoms with Crippen LogP contribution in [0.2, 0.25) is 0 Å². The molecule has 0 atom stereocenters. The molecule has 1 saturated heterocycles. The van der Waals surface area contributed by atoms with Crippen molar-refractivity contribution in [2.75, 3.05) is 31.7 Å². The van der Waals surface area contributed by atoms with Gasteiger partial charge in [-0.05, 0) is 38.0 Å². The average Bonchev–Trinajstić information content (AvgIpc) is 2.66. The highest BCUT2D eigenvalue weighted by atomic mass is 16.5. The third-order valence-electron chi connectivity index (χ3n) is 4.60. The molecule has 0 spiro atoms. The van der Waals surface area contributed by atoms with Crippen LogP contribution in [-0.4, -0.2) is 37.8 Å². The molecule has 0 saturated carbocycles. The van der Waals surface area contributed by atoms with Gasteiger partial charge in [-0.25, -0.2) is 0 Å². The lowest BCUT2D eigenvalue weighted by Gasteiger charge is -2.33. The van der Waals surface area contributed by atoms with Crippen LogP contribution >= 0.6 is 0 Å². The second-order valence-electron chi connectivity index (χ2n) is 6.03. The van der Waals surface area contributed by atoms with E-state index in [1.54, 1.807) is 13.3 Å². The molecule has 2 aromatic rings. The summed E-state index contributed by atoms with van der Waals surface area (Å²) in [5.41, 5.74) is 2.23. The summed E-state index contributed by atoms with van der Waals surface area (Å²) in [6, 6.07) is 7.91. The average molecular weight is 339 g/mol. The molecule has 6 nitrogen and oxygen atoms in total. The van der Waals surface area contributed by atoms with Crippen LogP contribution in [0.5, 0.6) is 5.75 Å². The van der Waals surface area contributed by atoms with Crippen molar-refractivity contribution in [1.29, 1.82) is 5.26 Å². The molecule has 1 aliphatic heterocycles. The number of aromatic nitrogens is 1. The number of rotatable bonds is 4. The fourth-order valence-corrected chi connectivity index (χ4v) is 3.31. The molecule has 0 N–H and O–H groups in total. The van der Waals surface area contributed by atoms with Gasteiger partial charge in [0.1, 0.15) is 11.8 Å². The Kier molecular flexibility index (Phi) is 5.03. The van der Waals surface area contributed by atoms with E-state index >= 15 is 0 Å². The predicted molar refractivity (Wildman–Crippen MR) is 94.6 cm³/mol. The van der Waals surface area contributed by atoms with Crippen LogP contribution < -0.4 is 9.64 Å². The number of piperidine rings is 1. The van der Waals surface area contributed by atoms with Crippen molar-refractivity contribution in [2.24, 2.45) is 5.92 Å². The Balaban J connectivity index is 1.93. The summed E-state index contributed by atoms with van der Waals surface area (Å²) in [6.07, 6.45) is 3.05. The minimum absolute atomic E-state index is 0.0654. The van der Waals surface area contributed by atoms with E-state index in [0.29, 0.717) is 25.3 Å². The smallest absolute Gasteiger partial charge is 0.309 e. The number of fused-ring (bicyclic) bond motifs is 1. The first-order chi connectivity index (χ1) is 12.2. The van der Waals surface area contributed by atoms with Gasteiger partial charge in [-0.2, -0.15) is 5.26 Å². The normalized spacial score (nSPS) is 15.0. The van der Waals surface area contributed by atoms with Crippen LogP contribution in [0.15, 0.2) is 24.4 Å². The van der Waals surface area contributed by atoms with E-state index < -0.39 is 0 Å². The zero-order chi connectivity index (χ0) is 17.8. The molecule has 3 rings (SSSR count). The summed E-state index contributed by atoms with van der Waals surface area (Å²) in [7, 11) is 1.62. The number of ether oxygens (including phenoxy) is 2. The number of anilines is 1. The van der Waals surface area contributed by atoms with Crippen molar-refractivity contribution in [1.82, 2.24) is 4.98 Å². The highest BCUT2D eigenvalue weighted by Gasteiger charge is 2.28. The largest absolute Gasteiger partial charge is 0.497 e. The van der Waals surface area contributed by atoms with E-state index in [1.165, 1.54) is 0 Å². The van der Waals surface area contributed by atoms with Gasteiger partial charge in [0, 0.05) is 24.7 Å². The standard InChI is InChI=1S/C19H21N3O3/c1-3-25-19(23)13-6-8-22(9-7-13)18-14(11-20)12-21-17-5-4-15(24-2)10-16(17)18/h4-5,10,12-13H,3,6-9H2,1-2H3. The van der Waals surface area contributed by atoms with E-state index in [-0.39, 0.29) is 11.9 Å². The zero-order valence-electron chi connectivity index (χ0n) is 14.5. The molecule has 0 bridgehead atoms. The van der Waals surface area contributed by atoms with Crippen molar-refractivity contribution in [3.63, 3.8) is 0 Å². The summed E-state index contributed by atoms with van der Waals surface area (Å²) in [6.45, 7) is 3.64. The molecule has 1 aromatic heterocycles. The Bertz CT molecular complexity index is 821. The Morgan fingerprint density at radius 3 is 2.80 bits per heavy atom. The molecule has 0 aliphatic carbocycles. The molecule has 0 unspecified atom stereocenters. The van der Waals surface area contributed by atoms with Crippen LogP contribution in [0.4, 0.5) is 5.69 Å². The van der Waals surface area contributed by atoms with Crippen LogP contribution in [0.25, 0.3) is 10.9 Å². The molecule has 1 aliphatic rings. The summed E-state index contributed by atoms with van der Waals surface area (Å²) in [5, 5.41) is 10.4. The lowest BCUT2D eigenvalue weighted by Crippen LogP contribution is -2.37. The molecule has 2 heterocycles. The fraction of sp³-hybridized carbons (Fsp3) is 0.421. The van der Waals surface area contributed by atoms with Gasteiger partial charge in [0.15, 0.2) is 0 Å². The third kappa shape index (κ3) is 3.36. The molecule has 130 valence electrons. The number of pyridine rings is 1. The second kappa shape index (κ2) is 7.39. The van der Waals surface area contributed by atoms with E-state index in [9.17, 15) is 10.1 Å². The maximum absolute atomic E-state index is 11.9. The van der Waals surface area contributed by atoms with Gasteiger partial charge in [-0.15, -0.1) is 0 Å². The molecule has 6 heteroatoms. The summed E-state index contributed by atoms with van der Waals surface area (Å²) in [4.78, 5) is 18.5. The number of nitrogens with zero attached hydrogens (tertiary/aromatic N) is 3. The molecular weight excluding hydrogens is 318 g/mol. The number of carbonyl (C=O) groups is 1. The van der Waals surface area contributed by atoms with Gasteiger partial charge >= 0.3 is 5.97 Å². The number of methoxy groups -OCH3 is 1. The number of nitriles is 1. The van der Waals surface area contributed by atoms with Gasteiger partial charge in [0.2, 0.25) is 0 Å². The maximum Gasteiger partial charge on any atom is 0.309 e. The monoisotopic (exact) mass is 339 g/mol. The highest BCUT2D eigenvalue weighted by Crippen LogP contribution is 2.34. The molecule has 1 aromatic carbocycles. The van der Waals surface area contributed by atoms with E-state index in [4.69, 9.17) is 9.47 Å². The van der Waals surface area contributed by atoms with Gasteiger partial charge in [-0.3, -0.25) is 9.78 Å². The topological polar surface area (TPSA) is 75.5 Å². The fourth-order valence-electron chi connectivity index (χ4n) is 3.31. The van der Waals surface area contributed by atoms with Crippen molar-refractivity contribution in [3.8, 4) is 11.8 Å². The van der Waals surface area contributed by atoms with Gasteiger partial charge in [0.05, 0.1) is 36.4 Å². The Morgan fingerprint density at radius 2 is 2.16 bits per heavy atom. The number of hydrogen-bond donors (Lipinski definition) is 0. The molecule has 0 radical (unpaired) electrons. The van der Waals surface area contributed by atoms with E-state index in [0.717, 1.165) is 35.2 Å². The highest BCUT2D eigenvalue weighted by molar-refractivity contribution is 5.95. The predicted octanol–water partition coefficient (Wildman–Crippen LogP) is 2.89. The first-order valence-corrected chi connectivity index (χ1v) is 8.46. The quantitative estimate of drug-likeness (QED) is 0.797. The van der Waals surface area contributed by atoms with Crippen molar-refractivity contribution in [3.05, 3.63) is 30.0 Å². The zero-order valence-corrected chi connectivity index (χ0v) is 14.5. The first kappa shape index (κ1) is 17.0. The van der Waals surface area contributed by atoms with E-state index in [2.05, 4.69) is 16.0 Å². The van der Waals surface area contributed by atoms with Gasteiger partial charge in [-0.1, -0.05) is 0 Å². The van der Waals surface area contributed by atoms with Gasteiger partial charge < -0.3 is 14.4 Å². The minimum atomic E-state index is -0.121. The van der Waals surface area contributed by atoms with Crippen LogP contribution in [-0.2, 0) is 9.53 Å². The lowest BCUT2D eigenvalue weighted by molar-refractivity contribution is -0.148. The Morgan fingerprint density at radius 1 is 1.40 bits per heavy atom. The van der Waals surface area contributed by atoms with Crippen molar-refractivity contribution in [2.45, 2.75) is 19.8 Å². The molecule has 1 fully saturated rings. The summed E-state index contributed by atoms with van der Waals surface area (Å²) < 4.78 is 10.5. The first-order valence-electron chi connectivity index (χ1n) is 8.46. The second-order valence-corrected chi connectivity index (χ2v) is 6.03.